The van der Waals surface area contributed by atoms with Crippen LogP contribution in [-0.4, -0.2) is 47.0 Å². The normalized spacial score (nSPS) is 21.2. The van der Waals surface area contributed by atoms with Gasteiger partial charge in [0.25, 0.3) is 12.3 Å². The summed E-state index contributed by atoms with van der Waals surface area (Å²) in [5, 5.41) is 10.7. The molecule has 0 aromatic carbocycles. The number of ether oxygens (including phenoxy) is 1. The average Bonchev–Trinajstić information content (AvgIpc) is 3.10. The van der Waals surface area contributed by atoms with Gasteiger partial charge in [-0.3, -0.25) is 9.59 Å². The number of aromatic nitrogens is 1. The van der Waals surface area contributed by atoms with Gasteiger partial charge in [-0.2, -0.15) is 0 Å². The van der Waals surface area contributed by atoms with Gasteiger partial charge in [-0.25, -0.2) is 13.8 Å². The van der Waals surface area contributed by atoms with Crippen LogP contribution in [0, 0.1) is 16.7 Å². The number of nitrogens with one attached hydrogen (secondary N) is 2. The van der Waals surface area contributed by atoms with Crippen LogP contribution < -0.4 is 5.32 Å². The maximum Gasteiger partial charge on any atom is 0.272 e. The molecule has 0 bridgehead atoms. The number of fused-ring (bicyclic) bond motifs is 1. The quantitative estimate of drug-likeness (QED) is 0.597. The summed E-state index contributed by atoms with van der Waals surface area (Å²) in [6, 6.07) is 1.09. The molecule has 0 spiro atoms. The highest BCUT2D eigenvalue weighted by molar-refractivity contribution is 6.02. The molecule has 1 aromatic rings. The lowest BCUT2D eigenvalue weighted by molar-refractivity contribution is -0.116. The van der Waals surface area contributed by atoms with Crippen molar-refractivity contribution in [3.63, 3.8) is 0 Å². The highest BCUT2D eigenvalue weighted by Crippen LogP contribution is 2.56. The van der Waals surface area contributed by atoms with Gasteiger partial charge in [-0.15, -0.1) is 0 Å². The third-order valence-electron chi connectivity index (χ3n) is 5.71. The SMILES string of the molecule is CC1=C(OCC(F)F)C1(C=N)C(C)N1Cc2c(ccnc2NC(=O)CC(C)C)C1=O. The van der Waals surface area contributed by atoms with Crippen LogP contribution in [0.15, 0.2) is 23.6 Å². The molecule has 2 N–H and O–H groups in total. The minimum atomic E-state index is -2.62. The van der Waals surface area contributed by atoms with Crippen LogP contribution in [0.2, 0.25) is 0 Å². The highest BCUT2D eigenvalue weighted by Gasteiger charge is 2.59. The van der Waals surface area contributed by atoms with Gasteiger partial charge < -0.3 is 20.4 Å². The van der Waals surface area contributed by atoms with Crippen LogP contribution in [0.5, 0.6) is 0 Å². The number of halogens is 2. The third kappa shape index (κ3) is 3.68. The van der Waals surface area contributed by atoms with Crippen LogP contribution in [0.3, 0.4) is 0 Å². The zero-order valence-corrected chi connectivity index (χ0v) is 17.5. The highest BCUT2D eigenvalue weighted by atomic mass is 19.3. The molecule has 2 amide bonds. The second kappa shape index (κ2) is 8.12. The van der Waals surface area contributed by atoms with E-state index in [0.717, 1.165) is 6.21 Å². The Labute approximate surface area is 174 Å². The number of alkyl halides is 2. The first-order valence-corrected chi connectivity index (χ1v) is 9.86. The molecule has 0 saturated carbocycles. The van der Waals surface area contributed by atoms with Crippen molar-refractivity contribution in [3.05, 3.63) is 34.7 Å². The number of pyridine rings is 1. The topological polar surface area (TPSA) is 95.4 Å². The molecule has 0 fully saturated rings. The second-order valence-corrected chi connectivity index (χ2v) is 8.11. The van der Waals surface area contributed by atoms with E-state index in [1.807, 2.05) is 13.8 Å². The van der Waals surface area contributed by atoms with E-state index in [1.54, 1.807) is 24.8 Å². The summed E-state index contributed by atoms with van der Waals surface area (Å²) < 4.78 is 30.3. The van der Waals surface area contributed by atoms with Crippen molar-refractivity contribution in [1.82, 2.24) is 9.88 Å². The fraction of sp³-hybridized carbons (Fsp3) is 0.524. The molecule has 0 radical (unpaired) electrons. The van der Waals surface area contributed by atoms with Crippen molar-refractivity contribution in [1.29, 1.82) is 5.41 Å². The maximum absolute atomic E-state index is 13.1. The Bertz CT molecular complexity index is 916. The summed E-state index contributed by atoms with van der Waals surface area (Å²) in [5.41, 5.74) is 0.726. The first-order valence-electron chi connectivity index (χ1n) is 9.86. The second-order valence-electron chi connectivity index (χ2n) is 8.11. The molecular weight excluding hydrogens is 394 g/mol. The molecule has 1 aliphatic heterocycles. The number of rotatable bonds is 9. The van der Waals surface area contributed by atoms with Gasteiger partial charge in [0.2, 0.25) is 5.91 Å². The molecule has 1 aliphatic carbocycles. The molecule has 7 nitrogen and oxygen atoms in total. The summed E-state index contributed by atoms with van der Waals surface area (Å²) in [4.78, 5) is 31.0. The molecule has 0 saturated heterocycles. The molecule has 2 heterocycles. The minimum Gasteiger partial charge on any atom is -0.491 e. The van der Waals surface area contributed by atoms with E-state index in [9.17, 15) is 18.4 Å². The molecule has 3 rings (SSSR count). The Balaban J connectivity index is 1.80. The van der Waals surface area contributed by atoms with Crippen molar-refractivity contribution in [2.24, 2.45) is 11.3 Å². The summed E-state index contributed by atoms with van der Waals surface area (Å²) in [6.45, 7) is 6.80. The predicted octanol–water partition coefficient (Wildman–Crippen LogP) is 3.62. The van der Waals surface area contributed by atoms with Crippen LogP contribution in [0.25, 0.3) is 0 Å². The summed E-state index contributed by atoms with van der Waals surface area (Å²) >= 11 is 0. The van der Waals surface area contributed by atoms with E-state index in [2.05, 4.69) is 10.3 Å². The van der Waals surface area contributed by atoms with Crippen molar-refractivity contribution in [2.45, 2.75) is 53.1 Å². The zero-order chi connectivity index (χ0) is 22.2. The van der Waals surface area contributed by atoms with E-state index in [4.69, 9.17) is 10.1 Å². The van der Waals surface area contributed by atoms with E-state index in [1.165, 1.54) is 6.20 Å². The zero-order valence-electron chi connectivity index (χ0n) is 17.5. The van der Waals surface area contributed by atoms with Gasteiger partial charge in [0.05, 0.1) is 12.6 Å². The van der Waals surface area contributed by atoms with Crippen molar-refractivity contribution in [2.75, 3.05) is 11.9 Å². The van der Waals surface area contributed by atoms with Gasteiger partial charge in [-0.1, -0.05) is 13.8 Å². The third-order valence-corrected chi connectivity index (χ3v) is 5.71. The molecular formula is C21H26F2N4O3. The Morgan fingerprint density at radius 3 is 2.73 bits per heavy atom. The van der Waals surface area contributed by atoms with Gasteiger partial charge in [0.15, 0.2) is 0 Å². The molecule has 2 atom stereocenters. The van der Waals surface area contributed by atoms with Crippen LogP contribution in [0.4, 0.5) is 14.6 Å². The lowest BCUT2D eigenvalue weighted by Crippen LogP contribution is -2.43. The number of amides is 2. The summed E-state index contributed by atoms with van der Waals surface area (Å²) in [5.74, 6) is 0.414. The Hall–Kier alpha value is -2.84. The largest absolute Gasteiger partial charge is 0.491 e. The standard InChI is InChI=1S/C21H26F2N4O3/c1-11(2)7-17(28)26-19-15-8-27(20(29)14(15)5-6-25-19)13(4)21(10-24)12(3)18(21)30-9-16(22)23/h5-6,10-11,13,16,24H,7-9H2,1-4H3,(H,25,26,28). The fourth-order valence-corrected chi connectivity index (χ4v) is 4.06. The minimum absolute atomic E-state index is 0.178. The number of hydrogen-bond donors (Lipinski definition) is 2. The number of nitrogens with zero attached hydrogens (tertiary/aromatic N) is 2. The molecule has 30 heavy (non-hydrogen) atoms. The van der Waals surface area contributed by atoms with E-state index in [-0.39, 0.29) is 24.3 Å². The van der Waals surface area contributed by atoms with E-state index < -0.39 is 24.5 Å². The first kappa shape index (κ1) is 21.9. The smallest absolute Gasteiger partial charge is 0.272 e. The molecule has 1 aromatic heterocycles. The summed E-state index contributed by atoms with van der Waals surface area (Å²) in [7, 11) is 0. The number of hydrogen-bond acceptors (Lipinski definition) is 5. The van der Waals surface area contributed by atoms with Gasteiger partial charge in [0, 0.05) is 30.0 Å². The van der Waals surface area contributed by atoms with E-state index in [0.29, 0.717) is 34.7 Å². The molecule has 162 valence electrons. The Morgan fingerprint density at radius 1 is 1.43 bits per heavy atom. The van der Waals surface area contributed by atoms with Gasteiger partial charge in [-0.05, 0) is 31.4 Å². The summed E-state index contributed by atoms with van der Waals surface area (Å²) in [6.07, 6.45) is 0.336. The predicted molar refractivity (Wildman–Crippen MR) is 108 cm³/mol. The van der Waals surface area contributed by atoms with Crippen LogP contribution >= 0.6 is 0 Å². The number of carbonyl (C=O) groups excluding carboxylic acids is 2. The Morgan fingerprint density at radius 2 is 2.13 bits per heavy atom. The van der Waals surface area contributed by atoms with Crippen molar-refractivity contribution < 1.29 is 23.1 Å². The lowest BCUT2D eigenvalue weighted by atomic mass is 9.91. The number of carbonyl (C=O) groups is 2. The monoisotopic (exact) mass is 420 g/mol. The van der Waals surface area contributed by atoms with Crippen molar-refractivity contribution in [3.8, 4) is 0 Å². The fourth-order valence-electron chi connectivity index (χ4n) is 4.06. The number of anilines is 1. The lowest BCUT2D eigenvalue weighted by Gasteiger charge is -2.31. The Kier molecular flexibility index (Phi) is 5.92. The average molecular weight is 420 g/mol. The molecule has 9 heteroatoms. The van der Waals surface area contributed by atoms with E-state index >= 15 is 0 Å². The van der Waals surface area contributed by atoms with Crippen LogP contribution in [-0.2, 0) is 16.1 Å². The van der Waals surface area contributed by atoms with Gasteiger partial charge >= 0.3 is 0 Å². The molecule has 2 unspecified atom stereocenters. The maximum atomic E-state index is 13.1. The van der Waals surface area contributed by atoms with Crippen LogP contribution in [0.1, 0.15) is 50.0 Å². The van der Waals surface area contributed by atoms with Crippen molar-refractivity contribution >= 4 is 23.8 Å². The first-order chi connectivity index (χ1) is 14.1. The van der Waals surface area contributed by atoms with Gasteiger partial charge in [0.1, 0.15) is 23.6 Å². The molecule has 2 aliphatic rings.